The van der Waals surface area contributed by atoms with Crippen LogP contribution < -0.4 is 0 Å². The molecule has 0 saturated heterocycles. The first-order valence-corrected chi connectivity index (χ1v) is 17.7. The first kappa shape index (κ1) is 28.6. The van der Waals surface area contributed by atoms with Crippen molar-refractivity contribution in [3.63, 3.8) is 0 Å². The Hall–Kier alpha value is -5.35. The summed E-state index contributed by atoms with van der Waals surface area (Å²) in [5.74, 6) is 3.57. The summed E-state index contributed by atoms with van der Waals surface area (Å²) in [5, 5.41) is 0. The lowest BCUT2D eigenvalue weighted by Crippen LogP contribution is -2.48. The molecule has 4 heteroatoms. The van der Waals surface area contributed by atoms with Crippen LogP contribution in [0.25, 0.3) is 67.3 Å². The standard InChI is InChI=1S/C45H37N3O/c1-2-6-33(7-3-1)40-24-41(48-44(47-40)35-16-18-38(19-17-35)45-25-29-20-30(26-45)22-31(21-29)27-45)34-14-12-32(13-15-34)36-8-4-9-37(23-36)39-10-5-11-42-43(39)46-28-49-42/h1-19,23-24,28-31H,20-22,25-27H2. The molecule has 0 amide bonds. The lowest BCUT2D eigenvalue weighted by molar-refractivity contribution is -0.00518. The number of benzene rings is 5. The van der Waals surface area contributed by atoms with Crippen molar-refractivity contribution >= 4 is 11.1 Å². The summed E-state index contributed by atoms with van der Waals surface area (Å²) in [6.07, 6.45) is 10.0. The van der Waals surface area contributed by atoms with Gasteiger partial charge in [-0.2, -0.15) is 0 Å². The van der Waals surface area contributed by atoms with Gasteiger partial charge in [0.05, 0.1) is 11.4 Å². The maximum Gasteiger partial charge on any atom is 0.182 e. The molecule has 7 aromatic rings. The first-order valence-electron chi connectivity index (χ1n) is 17.7. The number of fused-ring (bicyclic) bond motifs is 1. The van der Waals surface area contributed by atoms with Crippen molar-refractivity contribution in [2.24, 2.45) is 17.8 Å². The van der Waals surface area contributed by atoms with E-state index in [1.807, 2.05) is 12.1 Å². The van der Waals surface area contributed by atoms with Gasteiger partial charge in [-0.15, -0.1) is 0 Å². The van der Waals surface area contributed by atoms with Crippen LogP contribution in [0.1, 0.15) is 44.1 Å². The fraction of sp³-hybridized carbons (Fsp3) is 0.222. The number of oxazole rings is 1. The molecular formula is C45H37N3O. The molecule has 0 N–H and O–H groups in total. The Bertz CT molecular complexity index is 2270. The minimum atomic E-state index is 0.385. The van der Waals surface area contributed by atoms with Gasteiger partial charge in [-0.3, -0.25) is 0 Å². The molecule has 49 heavy (non-hydrogen) atoms. The quantitative estimate of drug-likeness (QED) is 0.182. The average Bonchev–Trinajstić information content (AvgIpc) is 3.64. The molecule has 4 bridgehead atoms. The fourth-order valence-corrected chi connectivity index (χ4v) is 9.74. The van der Waals surface area contributed by atoms with Gasteiger partial charge in [-0.25, -0.2) is 15.0 Å². The van der Waals surface area contributed by atoms with E-state index in [9.17, 15) is 0 Å². The molecule has 0 aliphatic heterocycles. The van der Waals surface area contributed by atoms with Gasteiger partial charge < -0.3 is 4.42 Å². The maximum absolute atomic E-state index is 5.55. The highest BCUT2D eigenvalue weighted by Crippen LogP contribution is 2.60. The number of hydrogen-bond donors (Lipinski definition) is 0. The summed E-state index contributed by atoms with van der Waals surface area (Å²) in [5.41, 5.74) is 13.2. The molecule has 4 aliphatic carbocycles. The Morgan fingerprint density at radius 1 is 0.510 bits per heavy atom. The normalized spacial score (nSPS) is 22.5. The lowest BCUT2D eigenvalue weighted by Gasteiger charge is -2.57. The van der Waals surface area contributed by atoms with Crippen LogP contribution in [-0.4, -0.2) is 15.0 Å². The molecule has 2 heterocycles. The highest BCUT2D eigenvalue weighted by molar-refractivity contribution is 5.91. The van der Waals surface area contributed by atoms with Gasteiger partial charge in [0.15, 0.2) is 17.8 Å². The van der Waals surface area contributed by atoms with Gasteiger partial charge in [-0.05, 0) is 102 Å². The minimum Gasteiger partial charge on any atom is -0.443 e. The summed E-state index contributed by atoms with van der Waals surface area (Å²) in [6, 6.07) is 45.3. The van der Waals surface area contributed by atoms with E-state index in [1.165, 1.54) is 50.5 Å². The molecule has 4 aliphatic rings. The van der Waals surface area contributed by atoms with E-state index in [1.54, 1.807) is 0 Å². The third kappa shape index (κ3) is 5.09. The molecule has 0 unspecified atom stereocenters. The SMILES string of the molecule is c1ccc(-c2cc(-c3ccc(-c4cccc(-c5cccc6ocnc56)c4)cc3)nc(-c3ccc(C45CC6CC(CC(C6)C4)C5)cc3)n2)cc1. The molecule has 4 saturated carbocycles. The Morgan fingerprint density at radius 3 is 1.82 bits per heavy atom. The molecule has 4 nitrogen and oxygen atoms in total. The number of aromatic nitrogens is 3. The van der Waals surface area contributed by atoms with Crippen molar-refractivity contribution in [3.8, 4) is 56.2 Å². The van der Waals surface area contributed by atoms with E-state index >= 15 is 0 Å². The number of para-hydroxylation sites is 1. The second-order valence-electron chi connectivity index (χ2n) is 14.8. The van der Waals surface area contributed by atoms with E-state index in [4.69, 9.17) is 14.4 Å². The molecule has 0 atom stereocenters. The molecule has 238 valence electrons. The fourth-order valence-electron chi connectivity index (χ4n) is 9.74. The van der Waals surface area contributed by atoms with Crippen molar-refractivity contribution in [3.05, 3.63) is 139 Å². The monoisotopic (exact) mass is 635 g/mol. The van der Waals surface area contributed by atoms with Gasteiger partial charge in [0, 0.05) is 22.3 Å². The topological polar surface area (TPSA) is 51.8 Å². The molecule has 4 fully saturated rings. The second-order valence-corrected chi connectivity index (χ2v) is 14.8. The summed E-state index contributed by atoms with van der Waals surface area (Å²) in [4.78, 5) is 14.8. The summed E-state index contributed by atoms with van der Waals surface area (Å²) >= 11 is 0. The maximum atomic E-state index is 5.55. The molecule has 0 radical (unpaired) electrons. The van der Waals surface area contributed by atoms with E-state index in [-0.39, 0.29) is 0 Å². The smallest absolute Gasteiger partial charge is 0.182 e. The Balaban J connectivity index is 0.987. The molecule has 5 aromatic carbocycles. The first-order chi connectivity index (χ1) is 24.2. The van der Waals surface area contributed by atoms with Crippen LogP contribution in [0.2, 0.25) is 0 Å². The van der Waals surface area contributed by atoms with Gasteiger partial charge >= 0.3 is 0 Å². The van der Waals surface area contributed by atoms with Gasteiger partial charge in [-0.1, -0.05) is 109 Å². The van der Waals surface area contributed by atoms with Crippen LogP contribution in [0.5, 0.6) is 0 Å². The second kappa shape index (κ2) is 11.4. The highest BCUT2D eigenvalue weighted by Gasteiger charge is 2.51. The predicted molar refractivity (Wildman–Crippen MR) is 197 cm³/mol. The van der Waals surface area contributed by atoms with Gasteiger partial charge in [0.1, 0.15) is 5.52 Å². The number of nitrogens with zero attached hydrogens (tertiary/aromatic N) is 3. The summed E-state index contributed by atoms with van der Waals surface area (Å²) < 4.78 is 5.55. The van der Waals surface area contributed by atoms with E-state index < -0.39 is 0 Å². The Morgan fingerprint density at radius 2 is 1.10 bits per heavy atom. The predicted octanol–water partition coefficient (Wildman–Crippen LogP) is 11.4. The largest absolute Gasteiger partial charge is 0.443 e. The van der Waals surface area contributed by atoms with Crippen molar-refractivity contribution < 1.29 is 4.42 Å². The van der Waals surface area contributed by atoms with Crippen molar-refractivity contribution in [2.75, 3.05) is 0 Å². The Kier molecular flexibility index (Phi) is 6.65. The third-order valence-electron chi connectivity index (χ3n) is 11.6. The van der Waals surface area contributed by atoms with Crippen LogP contribution >= 0.6 is 0 Å². The van der Waals surface area contributed by atoms with Crippen LogP contribution in [-0.2, 0) is 5.41 Å². The van der Waals surface area contributed by atoms with Crippen molar-refractivity contribution in [1.82, 2.24) is 15.0 Å². The zero-order valence-electron chi connectivity index (χ0n) is 27.4. The zero-order chi connectivity index (χ0) is 32.4. The third-order valence-corrected chi connectivity index (χ3v) is 11.6. The number of rotatable bonds is 6. The molecule has 11 rings (SSSR count). The summed E-state index contributed by atoms with van der Waals surface area (Å²) in [6.45, 7) is 0. The minimum absolute atomic E-state index is 0.385. The van der Waals surface area contributed by atoms with Crippen molar-refractivity contribution in [2.45, 2.75) is 43.9 Å². The molecule has 0 spiro atoms. The van der Waals surface area contributed by atoms with Crippen molar-refractivity contribution in [1.29, 1.82) is 0 Å². The van der Waals surface area contributed by atoms with Crippen LogP contribution in [0, 0.1) is 17.8 Å². The molecular weight excluding hydrogens is 599 g/mol. The Labute approximate surface area is 286 Å². The van der Waals surface area contributed by atoms with E-state index in [2.05, 4.69) is 120 Å². The lowest BCUT2D eigenvalue weighted by atomic mass is 9.48. The van der Waals surface area contributed by atoms with E-state index in [0.717, 1.165) is 85.0 Å². The van der Waals surface area contributed by atoms with Gasteiger partial charge in [0.25, 0.3) is 0 Å². The van der Waals surface area contributed by atoms with E-state index in [0.29, 0.717) is 5.41 Å². The zero-order valence-corrected chi connectivity index (χ0v) is 27.4. The van der Waals surface area contributed by atoms with Gasteiger partial charge in [0.2, 0.25) is 0 Å². The number of hydrogen-bond acceptors (Lipinski definition) is 4. The average molecular weight is 636 g/mol. The van der Waals surface area contributed by atoms with Crippen LogP contribution in [0.3, 0.4) is 0 Å². The summed E-state index contributed by atoms with van der Waals surface area (Å²) in [7, 11) is 0. The van der Waals surface area contributed by atoms with Crippen LogP contribution in [0.15, 0.2) is 138 Å². The molecule has 2 aromatic heterocycles. The highest BCUT2D eigenvalue weighted by atomic mass is 16.3. The van der Waals surface area contributed by atoms with Crippen LogP contribution in [0.4, 0.5) is 0 Å².